The van der Waals surface area contributed by atoms with Gasteiger partial charge in [0, 0.05) is 0 Å². The lowest BCUT2D eigenvalue weighted by Crippen LogP contribution is -2.45. The molecule has 0 fully saturated rings. The molecule has 0 spiro atoms. The first kappa shape index (κ1) is 16.1. The topological polar surface area (TPSA) is 74.6 Å². The van der Waals surface area contributed by atoms with Gasteiger partial charge in [-0.25, -0.2) is 0 Å². The average molecular weight is 344 g/mol. The molecule has 0 saturated heterocycles. The molecule has 0 aliphatic heterocycles. The standard InChI is InChI=1S/C22H16O4/c23-20(24)19-17-10-4-2-7-15(17)12-13-22(19,21(25)26)18-11-5-8-14-6-1-3-9-16(14)18/h1-13,19H,(H,23,24)(H,25,26). The molecule has 2 N–H and O–H groups in total. The van der Waals surface area contributed by atoms with Crippen molar-refractivity contribution in [2.75, 3.05) is 0 Å². The molecule has 0 radical (unpaired) electrons. The molecule has 128 valence electrons. The van der Waals surface area contributed by atoms with Crippen LogP contribution in [-0.4, -0.2) is 22.2 Å². The highest BCUT2D eigenvalue weighted by molar-refractivity contribution is 6.01. The lowest BCUT2D eigenvalue weighted by Gasteiger charge is -2.37. The SMILES string of the molecule is O=C(O)C1c2ccccc2C=CC1(C(=O)O)c1cccc2ccccc12. The predicted molar refractivity (Wildman–Crippen MR) is 99.1 cm³/mol. The van der Waals surface area contributed by atoms with Crippen LogP contribution in [0.25, 0.3) is 16.8 Å². The highest BCUT2D eigenvalue weighted by Crippen LogP contribution is 2.47. The second-order valence-corrected chi connectivity index (χ2v) is 6.43. The number of hydrogen-bond donors (Lipinski definition) is 2. The molecular weight excluding hydrogens is 328 g/mol. The minimum absolute atomic E-state index is 0.487. The molecule has 3 aromatic rings. The smallest absolute Gasteiger partial charge is 0.319 e. The lowest BCUT2D eigenvalue weighted by atomic mass is 9.63. The molecule has 0 saturated carbocycles. The molecule has 0 bridgehead atoms. The van der Waals surface area contributed by atoms with Gasteiger partial charge in [-0.2, -0.15) is 0 Å². The molecule has 4 heteroatoms. The summed E-state index contributed by atoms with van der Waals surface area (Å²) in [4.78, 5) is 24.8. The molecule has 4 rings (SSSR count). The summed E-state index contributed by atoms with van der Waals surface area (Å²) in [6, 6.07) is 19.9. The molecule has 2 unspecified atom stereocenters. The van der Waals surface area contributed by atoms with Crippen LogP contribution in [0.5, 0.6) is 0 Å². The summed E-state index contributed by atoms with van der Waals surface area (Å²) in [5.74, 6) is -3.55. The molecule has 1 aliphatic rings. The van der Waals surface area contributed by atoms with E-state index in [0.717, 1.165) is 16.3 Å². The summed E-state index contributed by atoms with van der Waals surface area (Å²) in [5, 5.41) is 21.9. The van der Waals surface area contributed by atoms with E-state index >= 15 is 0 Å². The molecule has 1 aliphatic carbocycles. The van der Waals surface area contributed by atoms with E-state index in [1.165, 1.54) is 6.08 Å². The Kier molecular flexibility index (Phi) is 3.62. The Labute approximate surface area is 150 Å². The highest BCUT2D eigenvalue weighted by atomic mass is 16.4. The third-order valence-electron chi connectivity index (χ3n) is 5.12. The van der Waals surface area contributed by atoms with E-state index < -0.39 is 23.3 Å². The van der Waals surface area contributed by atoms with Crippen LogP contribution in [0.2, 0.25) is 0 Å². The second kappa shape index (κ2) is 5.85. The van der Waals surface area contributed by atoms with Gasteiger partial charge in [0.2, 0.25) is 0 Å². The summed E-state index contributed by atoms with van der Waals surface area (Å²) in [6.45, 7) is 0. The van der Waals surface area contributed by atoms with Gasteiger partial charge in [-0.15, -0.1) is 0 Å². The first-order chi connectivity index (χ1) is 12.6. The Hall–Kier alpha value is -3.40. The number of fused-ring (bicyclic) bond motifs is 2. The van der Waals surface area contributed by atoms with Gasteiger partial charge in [0.1, 0.15) is 11.3 Å². The number of benzene rings is 3. The van der Waals surface area contributed by atoms with Gasteiger partial charge in [-0.05, 0) is 27.5 Å². The minimum atomic E-state index is -1.68. The third-order valence-corrected chi connectivity index (χ3v) is 5.12. The monoisotopic (exact) mass is 344 g/mol. The summed E-state index contributed by atoms with van der Waals surface area (Å²) in [7, 11) is 0. The van der Waals surface area contributed by atoms with Crippen LogP contribution < -0.4 is 0 Å². The van der Waals surface area contributed by atoms with E-state index in [0.29, 0.717) is 11.1 Å². The largest absolute Gasteiger partial charge is 0.481 e. The first-order valence-corrected chi connectivity index (χ1v) is 8.28. The molecule has 0 amide bonds. The molecule has 2 atom stereocenters. The number of hydrogen-bond acceptors (Lipinski definition) is 2. The number of rotatable bonds is 3. The zero-order chi connectivity index (χ0) is 18.3. The van der Waals surface area contributed by atoms with Crippen LogP contribution >= 0.6 is 0 Å². The summed E-state index contributed by atoms with van der Waals surface area (Å²) < 4.78 is 0. The van der Waals surface area contributed by atoms with E-state index in [4.69, 9.17) is 0 Å². The predicted octanol–water partition coefficient (Wildman–Crippen LogP) is 4.06. The van der Waals surface area contributed by atoms with Gasteiger partial charge in [0.15, 0.2) is 0 Å². The van der Waals surface area contributed by atoms with Crippen LogP contribution in [0.3, 0.4) is 0 Å². The van der Waals surface area contributed by atoms with Crippen molar-refractivity contribution < 1.29 is 19.8 Å². The quantitative estimate of drug-likeness (QED) is 0.751. The molecule has 4 nitrogen and oxygen atoms in total. The van der Waals surface area contributed by atoms with Gasteiger partial charge < -0.3 is 10.2 Å². The Morgan fingerprint density at radius 2 is 1.54 bits per heavy atom. The van der Waals surface area contributed by atoms with Gasteiger partial charge in [0.25, 0.3) is 0 Å². The van der Waals surface area contributed by atoms with E-state index in [9.17, 15) is 19.8 Å². The van der Waals surface area contributed by atoms with Gasteiger partial charge in [0.05, 0.1) is 0 Å². The fraction of sp³-hybridized carbons (Fsp3) is 0.0909. The van der Waals surface area contributed by atoms with Gasteiger partial charge >= 0.3 is 11.9 Å². The maximum absolute atomic E-state index is 12.5. The number of carboxylic acid groups (broad SMARTS) is 2. The van der Waals surface area contributed by atoms with Crippen molar-refractivity contribution in [1.82, 2.24) is 0 Å². The van der Waals surface area contributed by atoms with Crippen LogP contribution in [0, 0.1) is 0 Å². The highest BCUT2D eigenvalue weighted by Gasteiger charge is 2.52. The molecular formula is C22H16O4. The fourth-order valence-corrected chi connectivity index (χ4v) is 3.96. The lowest BCUT2D eigenvalue weighted by molar-refractivity contribution is -0.150. The molecule has 0 aromatic heterocycles. The summed E-state index contributed by atoms with van der Waals surface area (Å²) in [6.07, 6.45) is 3.24. The van der Waals surface area contributed by atoms with Gasteiger partial charge in [-0.1, -0.05) is 78.9 Å². The number of carbonyl (C=O) groups is 2. The van der Waals surface area contributed by atoms with Crippen LogP contribution in [0.15, 0.2) is 72.8 Å². The second-order valence-electron chi connectivity index (χ2n) is 6.43. The maximum Gasteiger partial charge on any atom is 0.319 e. The van der Waals surface area contributed by atoms with E-state index in [-0.39, 0.29) is 0 Å². The van der Waals surface area contributed by atoms with Crippen molar-refractivity contribution in [2.24, 2.45) is 0 Å². The van der Waals surface area contributed by atoms with Crippen molar-refractivity contribution in [3.8, 4) is 0 Å². The van der Waals surface area contributed by atoms with Crippen molar-refractivity contribution in [2.45, 2.75) is 11.3 Å². The van der Waals surface area contributed by atoms with Crippen molar-refractivity contribution in [3.63, 3.8) is 0 Å². The van der Waals surface area contributed by atoms with E-state index in [1.807, 2.05) is 36.4 Å². The van der Waals surface area contributed by atoms with Crippen molar-refractivity contribution in [1.29, 1.82) is 0 Å². The van der Waals surface area contributed by atoms with E-state index in [1.54, 1.807) is 36.4 Å². The maximum atomic E-state index is 12.5. The number of aliphatic carboxylic acids is 2. The summed E-state index contributed by atoms with van der Waals surface area (Å²) >= 11 is 0. The van der Waals surface area contributed by atoms with Crippen LogP contribution in [0.4, 0.5) is 0 Å². The molecule has 0 heterocycles. The normalized spacial score (nSPS) is 21.3. The first-order valence-electron chi connectivity index (χ1n) is 8.28. The zero-order valence-corrected chi connectivity index (χ0v) is 13.8. The Morgan fingerprint density at radius 1 is 0.846 bits per heavy atom. The van der Waals surface area contributed by atoms with Crippen molar-refractivity contribution in [3.05, 3.63) is 89.5 Å². The average Bonchev–Trinajstić information content (AvgIpc) is 2.66. The molecule has 26 heavy (non-hydrogen) atoms. The van der Waals surface area contributed by atoms with E-state index in [2.05, 4.69) is 0 Å². The molecule has 3 aromatic carbocycles. The zero-order valence-electron chi connectivity index (χ0n) is 13.8. The minimum Gasteiger partial charge on any atom is -0.481 e. The Balaban J connectivity index is 2.10. The fourth-order valence-electron chi connectivity index (χ4n) is 3.96. The summed E-state index contributed by atoms with van der Waals surface area (Å²) in [5.41, 5.74) is 0.0530. The van der Waals surface area contributed by atoms with Crippen LogP contribution in [-0.2, 0) is 15.0 Å². The van der Waals surface area contributed by atoms with Crippen molar-refractivity contribution >= 4 is 28.8 Å². The van der Waals surface area contributed by atoms with Gasteiger partial charge in [-0.3, -0.25) is 9.59 Å². The Morgan fingerprint density at radius 3 is 2.31 bits per heavy atom. The van der Waals surface area contributed by atoms with Crippen LogP contribution in [0.1, 0.15) is 22.6 Å². The number of carboxylic acids is 2. The Bertz CT molecular complexity index is 1060. The third kappa shape index (κ3) is 2.15.